The van der Waals surface area contributed by atoms with Crippen molar-refractivity contribution < 1.29 is 14.6 Å². The fourth-order valence-corrected chi connectivity index (χ4v) is 1.33. The van der Waals surface area contributed by atoms with Crippen molar-refractivity contribution in [1.29, 1.82) is 0 Å². The van der Waals surface area contributed by atoms with E-state index in [2.05, 4.69) is 11.8 Å². The molecule has 0 bridgehead atoms. The average Bonchev–Trinajstić information content (AvgIpc) is 2.32. The summed E-state index contributed by atoms with van der Waals surface area (Å²) in [4.78, 5) is 11.1. The van der Waals surface area contributed by atoms with Gasteiger partial charge in [-0.05, 0) is 31.0 Å². The minimum atomic E-state index is -0.309. The lowest BCUT2D eigenvalue weighted by Crippen LogP contribution is -2.01. The second kappa shape index (κ2) is 6.72. The van der Waals surface area contributed by atoms with E-state index < -0.39 is 0 Å². The Hall–Kier alpha value is -1.79. The molecule has 90 valence electrons. The molecule has 0 unspecified atom stereocenters. The van der Waals surface area contributed by atoms with Crippen molar-refractivity contribution in [3.8, 4) is 11.8 Å². The van der Waals surface area contributed by atoms with Crippen molar-refractivity contribution in [2.45, 2.75) is 26.9 Å². The highest BCUT2D eigenvalue weighted by Crippen LogP contribution is 2.10. The normalized spacial score (nSPS) is 9.35. The number of hydrogen-bond donors (Lipinski definition) is 1. The first kappa shape index (κ1) is 13.3. The molecule has 0 atom stereocenters. The van der Waals surface area contributed by atoms with Gasteiger partial charge in [-0.3, -0.25) is 4.79 Å². The topological polar surface area (TPSA) is 46.5 Å². The Morgan fingerprint density at radius 2 is 2.24 bits per heavy atom. The largest absolute Gasteiger partial charge is 0.465 e. The molecule has 1 aromatic carbocycles. The Balaban J connectivity index is 2.74. The Morgan fingerprint density at radius 3 is 2.88 bits per heavy atom. The van der Waals surface area contributed by atoms with Gasteiger partial charge in [-0.15, -0.1) is 0 Å². The molecule has 1 N–H and O–H groups in total. The summed E-state index contributed by atoms with van der Waals surface area (Å²) in [6.45, 7) is 4.07. The fraction of sp³-hybridized carbons (Fsp3) is 0.357. The molecule has 0 heterocycles. The monoisotopic (exact) mass is 232 g/mol. The first-order valence-corrected chi connectivity index (χ1v) is 5.52. The summed E-state index contributed by atoms with van der Waals surface area (Å²) < 4.78 is 4.77. The summed E-state index contributed by atoms with van der Waals surface area (Å²) in [7, 11) is 0. The quantitative estimate of drug-likeness (QED) is 0.638. The van der Waals surface area contributed by atoms with Crippen molar-refractivity contribution in [3.63, 3.8) is 0 Å². The molecular weight excluding hydrogens is 216 g/mol. The third-order valence-electron chi connectivity index (χ3n) is 2.25. The van der Waals surface area contributed by atoms with Crippen LogP contribution in [0.15, 0.2) is 18.2 Å². The number of aryl methyl sites for hydroxylation is 1. The van der Waals surface area contributed by atoms with E-state index in [1.54, 1.807) is 6.92 Å². The van der Waals surface area contributed by atoms with Gasteiger partial charge in [-0.25, -0.2) is 0 Å². The zero-order chi connectivity index (χ0) is 12.7. The summed E-state index contributed by atoms with van der Waals surface area (Å²) in [6.07, 6.45) is 0.0939. The van der Waals surface area contributed by atoms with Crippen LogP contribution in [0.3, 0.4) is 0 Å². The number of ether oxygens (including phenoxy) is 1. The van der Waals surface area contributed by atoms with Gasteiger partial charge < -0.3 is 9.84 Å². The van der Waals surface area contributed by atoms with Crippen LogP contribution in [0, 0.1) is 18.8 Å². The number of carbonyl (C=O) groups is 1. The molecule has 3 nitrogen and oxygen atoms in total. The van der Waals surface area contributed by atoms with Crippen LogP contribution in [0.5, 0.6) is 0 Å². The smallest absolute Gasteiger partial charge is 0.317 e. The van der Waals surface area contributed by atoms with E-state index in [1.807, 2.05) is 25.1 Å². The van der Waals surface area contributed by atoms with Crippen LogP contribution in [0.1, 0.15) is 30.0 Å². The highest BCUT2D eigenvalue weighted by Gasteiger charge is 1.98. The number of aliphatic hydroxyl groups excluding tert-OH is 1. The number of aliphatic hydroxyl groups is 1. The Labute approximate surface area is 101 Å². The van der Waals surface area contributed by atoms with Crippen molar-refractivity contribution >= 4 is 5.97 Å². The van der Waals surface area contributed by atoms with E-state index in [9.17, 15) is 4.79 Å². The number of carbonyl (C=O) groups excluding carboxylic acids is 1. The fourth-order valence-electron chi connectivity index (χ4n) is 1.33. The van der Waals surface area contributed by atoms with E-state index in [0.29, 0.717) is 6.61 Å². The van der Waals surface area contributed by atoms with Crippen LogP contribution in [0.4, 0.5) is 0 Å². The maximum absolute atomic E-state index is 11.1. The third-order valence-corrected chi connectivity index (χ3v) is 2.25. The predicted molar refractivity (Wildman–Crippen MR) is 65.2 cm³/mol. The highest BCUT2D eigenvalue weighted by molar-refractivity contribution is 5.72. The third kappa shape index (κ3) is 4.29. The summed E-state index contributed by atoms with van der Waals surface area (Å²) in [5, 5.41) is 9.01. The van der Waals surface area contributed by atoms with Crippen molar-refractivity contribution in [1.82, 2.24) is 0 Å². The number of rotatable bonds is 3. The molecule has 0 amide bonds. The van der Waals surface area contributed by atoms with Crippen LogP contribution in [0.25, 0.3) is 0 Å². The molecule has 1 aromatic rings. The molecule has 0 saturated heterocycles. The minimum Gasteiger partial charge on any atom is -0.465 e. The molecule has 0 fully saturated rings. The van der Waals surface area contributed by atoms with Crippen molar-refractivity contribution in [3.05, 3.63) is 34.9 Å². The molecule has 17 heavy (non-hydrogen) atoms. The van der Waals surface area contributed by atoms with E-state index >= 15 is 0 Å². The lowest BCUT2D eigenvalue weighted by atomic mass is 10.1. The summed E-state index contributed by atoms with van der Waals surface area (Å²) in [5.74, 6) is 5.38. The van der Waals surface area contributed by atoms with Gasteiger partial charge in [0.2, 0.25) is 0 Å². The number of hydrogen-bond acceptors (Lipinski definition) is 3. The lowest BCUT2D eigenvalue weighted by molar-refractivity contribution is -0.141. The molecule has 0 saturated carbocycles. The van der Waals surface area contributed by atoms with E-state index in [1.165, 1.54) is 0 Å². The standard InChI is InChI=1S/C14H16O3/c1-3-17-14(16)6-4-5-13-9-12(10-15)8-7-11(13)2/h7-9,15H,3,6,10H2,1-2H3. The second-order valence-electron chi connectivity index (χ2n) is 3.59. The van der Waals surface area contributed by atoms with E-state index in [4.69, 9.17) is 9.84 Å². The van der Waals surface area contributed by atoms with Crippen LogP contribution in [-0.2, 0) is 16.1 Å². The van der Waals surface area contributed by atoms with E-state index in [0.717, 1.165) is 16.7 Å². The van der Waals surface area contributed by atoms with Gasteiger partial charge in [-0.2, -0.15) is 0 Å². The Kier molecular flexibility index (Phi) is 5.25. The minimum absolute atomic E-state index is 0.00711. The van der Waals surface area contributed by atoms with Gasteiger partial charge in [0.05, 0.1) is 13.2 Å². The average molecular weight is 232 g/mol. The van der Waals surface area contributed by atoms with E-state index in [-0.39, 0.29) is 19.0 Å². The molecular formula is C14H16O3. The molecule has 0 aliphatic rings. The zero-order valence-corrected chi connectivity index (χ0v) is 10.1. The molecule has 0 aliphatic heterocycles. The molecule has 0 aliphatic carbocycles. The number of benzene rings is 1. The van der Waals surface area contributed by atoms with Crippen molar-refractivity contribution in [2.75, 3.05) is 6.61 Å². The first-order chi connectivity index (χ1) is 8.17. The van der Waals surface area contributed by atoms with Crippen LogP contribution < -0.4 is 0 Å². The molecule has 1 rings (SSSR count). The molecule has 0 spiro atoms. The van der Waals surface area contributed by atoms with Gasteiger partial charge in [0.25, 0.3) is 0 Å². The predicted octanol–water partition coefficient (Wildman–Crippen LogP) is 1.79. The molecule has 0 radical (unpaired) electrons. The van der Waals surface area contributed by atoms with Gasteiger partial charge in [-0.1, -0.05) is 24.0 Å². The number of esters is 1. The second-order valence-corrected chi connectivity index (χ2v) is 3.59. The maximum atomic E-state index is 11.1. The van der Waals surface area contributed by atoms with Crippen LogP contribution in [0.2, 0.25) is 0 Å². The summed E-state index contributed by atoms with van der Waals surface area (Å²) >= 11 is 0. The van der Waals surface area contributed by atoms with Crippen LogP contribution in [-0.4, -0.2) is 17.7 Å². The van der Waals surface area contributed by atoms with Crippen LogP contribution >= 0.6 is 0 Å². The SMILES string of the molecule is CCOC(=O)CC#Cc1cc(CO)ccc1C. The highest BCUT2D eigenvalue weighted by atomic mass is 16.5. The first-order valence-electron chi connectivity index (χ1n) is 5.52. The molecule has 0 aromatic heterocycles. The van der Waals surface area contributed by atoms with Gasteiger partial charge in [0.1, 0.15) is 6.42 Å². The summed E-state index contributed by atoms with van der Waals surface area (Å²) in [5.41, 5.74) is 2.68. The lowest BCUT2D eigenvalue weighted by Gasteiger charge is -2.01. The van der Waals surface area contributed by atoms with Crippen molar-refractivity contribution in [2.24, 2.45) is 0 Å². The maximum Gasteiger partial charge on any atom is 0.317 e. The summed E-state index contributed by atoms with van der Waals surface area (Å²) in [6, 6.07) is 5.58. The van der Waals surface area contributed by atoms with Gasteiger partial charge >= 0.3 is 5.97 Å². The zero-order valence-electron chi connectivity index (χ0n) is 10.1. The Morgan fingerprint density at radius 1 is 1.47 bits per heavy atom. The molecule has 3 heteroatoms. The van der Waals surface area contributed by atoms with Gasteiger partial charge in [0, 0.05) is 5.56 Å². The Bertz CT molecular complexity index is 452. The van der Waals surface area contributed by atoms with Gasteiger partial charge in [0.15, 0.2) is 0 Å².